The Kier molecular flexibility index (Phi) is 9.69. The first-order valence-corrected chi connectivity index (χ1v) is 8.66. The fraction of sp³-hybridized carbons (Fsp3) is 0.556. The number of nitrogens with zero attached hydrogens (tertiary/aromatic N) is 2. The predicted molar refractivity (Wildman–Crippen MR) is 93.7 cm³/mol. The standard InChI is InChI=1S/C14H15FN2O4.C4H10.V/c15-12-7-10(17-8-11(9-18)21-14(17)19)1-2-13(12)16-3-5-20-6-4-16;1-3-4-2;/h1-2,7,9,11H,3-6,8H2;3-4H2,1-2H3;/t11-;;/m1../s1. The summed E-state index contributed by atoms with van der Waals surface area (Å²) in [6, 6.07) is 4.58. The Morgan fingerprint density at radius 1 is 1.23 bits per heavy atom. The molecular weight excluding hydrogens is 378 g/mol. The maximum atomic E-state index is 14.3. The molecule has 0 spiro atoms. The molecule has 3 rings (SSSR count). The molecule has 2 heterocycles. The quantitative estimate of drug-likeness (QED) is 0.724. The summed E-state index contributed by atoms with van der Waals surface area (Å²) in [5.41, 5.74) is 0.875. The van der Waals surface area contributed by atoms with E-state index in [1.807, 2.05) is 4.90 Å². The second-order valence-corrected chi connectivity index (χ2v) is 5.90. The van der Waals surface area contributed by atoms with E-state index in [-0.39, 0.29) is 25.1 Å². The number of amides is 1. The van der Waals surface area contributed by atoms with Crippen LogP contribution >= 0.6 is 0 Å². The molecule has 1 atom stereocenters. The monoisotopic (exact) mass is 403 g/mol. The topological polar surface area (TPSA) is 59.1 Å². The van der Waals surface area contributed by atoms with Crippen LogP contribution in [-0.4, -0.2) is 51.3 Å². The number of morpholine rings is 1. The van der Waals surface area contributed by atoms with Crippen LogP contribution in [0, 0.1) is 5.82 Å². The third-order valence-corrected chi connectivity index (χ3v) is 4.08. The Morgan fingerprint density at radius 3 is 2.38 bits per heavy atom. The zero-order valence-electron chi connectivity index (χ0n) is 15.2. The molecule has 0 saturated carbocycles. The van der Waals surface area contributed by atoms with Crippen LogP contribution in [0.15, 0.2) is 18.2 Å². The number of cyclic esters (lactones) is 1. The average Bonchev–Trinajstić information content (AvgIpc) is 3.03. The Hall–Kier alpha value is -1.57. The van der Waals surface area contributed by atoms with Crippen molar-refractivity contribution in [2.45, 2.75) is 32.8 Å². The number of carbonyl (C=O) groups excluding carboxylic acids is 2. The molecule has 0 N–H and O–H groups in total. The van der Waals surface area contributed by atoms with E-state index in [0.717, 1.165) is 0 Å². The molecule has 1 amide bonds. The van der Waals surface area contributed by atoms with Crippen molar-refractivity contribution in [1.82, 2.24) is 0 Å². The molecule has 1 aromatic rings. The number of ether oxygens (including phenoxy) is 2. The molecule has 26 heavy (non-hydrogen) atoms. The fourth-order valence-corrected chi connectivity index (χ4v) is 2.49. The van der Waals surface area contributed by atoms with Gasteiger partial charge in [-0.2, -0.15) is 0 Å². The van der Waals surface area contributed by atoms with Crippen LogP contribution in [0.4, 0.5) is 20.6 Å². The van der Waals surface area contributed by atoms with Gasteiger partial charge in [0, 0.05) is 31.6 Å². The van der Waals surface area contributed by atoms with Gasteiger partial charge >= 0.3 is 6.09 Å². The number of hydrogen-bond acceptors (Lipinski definition) is 5. The minimum absolute atomic E-state index is 0. The first-order valence-electron chi connectivity index (χ1n) is 8.66. The van der Waals surface area contributed by atoms with Gasteiger partial charge in [0.05, 0.1) is 31.1 Å². The third-order valence-electron chi connectivity index (χ3n) is 4.08. The molecule has 143 valence electrons. The van der Waals surface area contributed by atoms with E-state index in [0.29, 0.717) is 44.0 Å². The van der Waals surface area contributed by atoms with Crippen molar-refractivity contribution in [3.05, 3.63) is 24.0 Å². The summed E-state index contributed by atoms with van der Waals surface area (Å²) in [5, 5.41) is 0. The van der Waals surface area contributed by atoms with Gasteiger partial charge < -0.3 is 14.4 Å². The van der Waals surface area contributed by atoms with E-state index in [2.05, 4.69) is 13.8 Å². The maximum absolute atomic E-state index is 14.3. The molecular formula is C18H25FN2O4V. The fourth-order valence-electron chi connectivity index (χ4n) is 2.49. The normalized spacial score (nSPS) is 19.2. The predicted octanol–water partition coefficient (Wildman–Crippen LogP) is 2.99. The van der Waals surface area contributed by atoms with Crippen molar-refractivity contribution in [3.8, 4) is 0 Å². The number of anilines is 2. The van der Waals surface area contributed by atoms with Gasteiger partial charge in [0.25, 0.3) is 0 Å². The average molecular weight is 403 g/mol. The number of unbranched alkanes of at least 4 members (excludes halogenated alkanes) is 1. The number of halogens is 1. The van der Waals surface area contributed by atoms with E-state index in [1.54, 1.807) is 12.1 Å². The van der Waals surface area contributed by atoms with Crippen LogP contribution in [-0.2, 0) is 32.8 Å². The van der Waals surface area contributed by atoms with Crippen LogP contribution < -0.4 is 9.80 Å². The summed E-state index contributed by atoms with van der Waals surface area (Å²) in [4.78, 5) is 25.5. The summed E-state index contributed by atoms with van der Waals surface area (Å²) in [7, 11) is 0. The van der Waals surface area contributed by atoms with Crippen LogP contribution in [0.25, 0.3) is 0 Å². The summed E-state index contributed by atoms with van der Waals surface area (Å²) >= 11 is 0. The van der Waals surface area contributed by atoms with Crippen molar-refractivity contribution >= 4 is 23.8 Å². The van der Waals surface area contributed by atoms with Crippen molar-refractivity contribution in [1.29, 1.82) is 0 Å². The largest absolute Gasteiger partial charge is 0.436 e. The smallest absolute Gasteiger partial charge is 0.415 e. The first kappa shape index (κ1) is 22.5. The summed E-state index contributed by atoms with van der Waals surface area (Å²) < 4.78 is 24.3. The molecule has 2 saturated heterocycles. The van der Waals surface area contributed by atoms with Crippen LogP contribution in [0.2, 0.25) is 0 Å². The van der Waals surface area contributed by atoms with Crippen molar-refractivity contribution in [2.75, 3.05) is 42.6 Å². The SMILES string of the molecule is CCCC.O=C[C@H]1CN(c2ccc(N3CCOCC3)c(F)c2)C(=O)O1.[V]. The molecule has 2 aliphatic heterocycles. The first-order chi connectivity index (χ1) is 12.1. The number of carbonyl (C=O) groups is 2. The van der Waals surface area contributed by atoms with Crippen LogP contribution in [0.1, 0.15) is 26.7 Å². The van der Waals surface area contributed by atoms with Gasteiger partial charge in [-0.05, 0) is 18.2 Å². The summed E-state index contributed by atoms with van der Waals surface area (Å²) in [6.45, 7) is 6.88. The molecule has 0 aromatic heterocycles. The minimum Gasteiger partial charge on any atom is -0.436 e. The molecule has 1 aromatic carbocycles. The van der Waals surface area contributed by atoms with E-state index in [1.165, 1.54) is 23.8 Å². The van der Waals surface area contributed by atoms with E-state index in [9.17, 15) is 14.0 Å². The van der Waals surface area contributed by atoms with Gasteiger partial charge in [0.1, 0.15) is 5.82 Å². The van der Waals surface area contributed by atoms with Gasteiger partial charge in [0.2, 0.25) is 0 Å². The Morgan fingerprint density at radius 2 is 1.88 bits per heavy atom. The van der Waals surface area contributed by atoms with Gasteiger partial charge in [0.15, 0.2) is 12.4 Å². The zero-order chi connectivity index (χ0) is 18.2. The molecule has 6 nitrogen and oxygen atoms in total. The zero-order valence-corrected chi connectivity index (χ0v) is 16.6. The van der Waals surface area contributed by atoms with Crippen molar-refractivity contribution in [3.63, 3.8) is 0 Å². The summed E-state index contributed by atoms with van der Waals surface area (Å²) in [6.07, 6.45) is 1.78. The molecule has 8 heteroatoms. The number of aldehydes is 1. The number of rotatable bonds is 4. The Bertz CT molecular complexity index is 595. The number of benzene rings is 1. The number of hydrogen-bond donors (Lipinski definition) is 0. The second kappa shape index (κ2) is 11.2. The van der Waals surface area contributed by atoms with E-state index < -0.39 is 18.0 Å². The third kappa shape index (κ3) is 5.72. The van der Waals surface area contributed by atoms with Gasteiger partial charge in [-0.25, -0.2) is 9.18 Å². The maximum Gasteiger partial charge on any atom is 0.415 e. The van der Waals surface area contributed by atoms with Gasteiger partial charge in [-0.15, -0.1) is 0 Å². The molecule has 2 aliphatic rings. The van der Waals surface area contributed by atoms with E-state index in [4.69, 9.17) is 9.47 Å². The Labute approximate surface area is 165 Å². The van der Waals surface area contributed by atoms with E-state index >= 15 is 0 Å². The summed E-state index contributed by atoms with van der Waals surface area (Å²) in [5.74, 6) is -0.406. The minimum atomic E-state index is -0.792. The van der Waals surface area contributed by atoms with Gasteiger partial charge in [-0.3, -0.25) is 9.69 Å². The molecule has 2 fully saturated rings. The van der Waals surface area contributed by atoms with Crippen molar-refractivity contribution < 1.29 is 42.0 Å². The molecule has 0 bridgehead atoms. The second-order valence-electron chi connectivity index (χ2n) is 5.90. The Balaban J connectivity index is 0.000000616. The van der Waals surface area contributed by atoms with Crippen LogP contribution in [0.3, 0.4) is 0 Å². The molecule has 0 unspecified atom stereocenters. The molecule has 1 radical (unpaired) electrons. The van der Waals surface area contributed by atoms with Crippen LogP contribution in [0.5, 0.6) is 0 Å². The molecule has 0 aliphatic carbocycles. The van der Waals surface area contributed by atoms with Crippen molar-refractivity contribution in [2.24, 2.45) is 0 Å². The van der Waals surface area contributed by atoms with Gasteiger partial charge in [-0.1, -0.05) is 26.7 Å².